The van der Waals surface area contributed by atoms with Crippen LogP contribution in [0, 0.1) is 5.92 Å². The third kappa shape index (κ3) is 5.13. The minimum atomic E-state index is -0.339. The van der Waals surface area contributed by atoms with Crippen LogP contribution in [0.5, 0.6) is 11.5 Å². The lowest BCUT2D eigenvalue weighted by molar-refractivity contribution is -0.134. The number of nitrogens with zero attached hydrogens (tertiary/aromatic N) is 1. The Morgan fingerprint density at radius 2 is 1.77 bits per heavy atom. The summed E-state index contributed by atoms with van der Waals surface area (Å²) in [6.07, 6.45) is 0. The molecular formula is C20H27ClN2O3. The zero-order chi connectivity index (χ0) is 18.4. The molecule has 0 radical (unpaired) electrons. The van der Waals surface area contributed by atoms with Crippen LogP contribution in [0.4, 0.5) is 0 Å². The van der Waals surface area contributed by atoms with Gasteiger partial charge in [0.25, 0.3) is 0 Å². The second kappa shape index (κ2) is 10.0. The minimum Gasteiger partial charge on any atom is -0.497 e. The quantitative estimate of drug-likeness (QED) is 0.801. The minimum absolute atomic E-state index is 0. The van der Waals surface area contributed by atoms with E-state index < -0.39 is 0 Å². The largest absolute Gasteiger partial charge is 0.497 e. The summed E-state index contributed by atoms with van der Waals surface area (Å²) in [5, 5.41) is 0. The van der Waals surface area contributed by atoms with E-state index in [1.54, 1.807) is 26.2 Å². The number of carbonyl (C=O) groups is 1. The summed E-state index contributed by atoms with van der Waals surface area (Å²) in [6, 6.07) is 14.9. The maximum atomic E-state index is 12.8. The molecule has 2 rings (SSSR count). The molecule has 1 amide bonds. The predicted molar refractivity (Wildman–Crippen MR) is 106 cm³/mol. The molecule has 2 aromatic carbocycles. The van der Waals surface area contributed by atoms with Crippen molar-refractivity contribution < 1.29 is 14.3 Å². The number of halogens is 1. The average Bonchev–Trinajstić information content (AvgIpc) is 2.67. The highest BCUT2D eigenvalue weighted by molar-refractivity contribution is 5.85. The molecule has 0 saturated carbocycles. The van der Waals surface area contributed by atoms with Crippen molar-refractivity contribution in [3.8, 4) is 11.5 Å². The number of benzene rings is 2. The lowest BCUT2D eigenvalue weighted by atomic mass is 9.94. The Morgan fingerprint density at radius 3 is 2.35 bits per heavy atom. The van der Waals surface area contributed by atoms with Crippen molar-refractivity contribution in [1.29, 1.82) is 0 Å². The van der Waals surface area contributed by atoms with E-state index in [0.29, 0.717) is 18.0 Å². The van der Waals surface area contributed by atoms with Gasteiger partial charge in [-0.05, 0) is 17.7 Å². The Balaban J connectivity index is 0.00000338. The Labute approximate surface area is 161 Å². The second-order valence-corrected chi connectivity index (χ2v) is 6.10. The fourth-order valence-corrected chi connectivity index (χ4v) is 2.78. The summed E-state index contributed by atoms with van der Waals surface area (Å²) in [6.45, 7) is 2.31. The van der Waals surface area contributed by atoms with Crippen molar-refractivity contribution >= 4 is 18.3 Å². The molecule has 2 N–H and O–H groups in total. The normalized spacial score (nSPS) is 12.5. The van der Waals surface area contributed by atoms with Gasteiger partial charge in [-0.25, -0.2) is 0 Å². The number of nitrogens with two attached hydrogens (primary N) is 1. The lowest BCUT2D eigenvalue weighted by Gasteiger charge is -2.26. The van der Waals surface area contributed by atoms with E-state index in [0.717, 1.165) is 11.1 Å². The van der Waals surface area contributed by atoms with Crippen molar-refractivity contribution in [3.63, 3.8) is 0 Å². The van der Waals surface area contributed by atoms with E-state index >= 15 is 0 Å². The molecule has 142 valence electrons. The molecule has 0 bridgehead atoms. The zero-order valence-corrected chi connectivity index (χ0v) is 16.5. The van der Waals surface area contributed by atoms with Crippen LogP contribution in [0.2, 0.25) is 0 Å². The molecule has 0 fully saturated rings. The van der Waals surface area contributed by atoms with Gasteiger partial charge in [-0.2, -0.15) is 0 Å². The van der Waals surface area contributed by atoms with Gasteiger partial charge in [0.2, 0.25) is 5.91 Å². The first-order valence-electron chi connectivity index (χ1n) is 8.24. The van der Waals surface area contributed by atoms with Crippen molar-refractivity contribution in [2.75, 3.05) is 21.3 Å². The van der Waals surface area contributed by atoms with Gasteiger partial charge in [-0.15, -0.1) is 12.4 Å². The van der Waals surface area contributed by atoms with Crippen LogP contribution < -0.4 is 15.2 Å². The fraction of sp³-hybridized carbons (Fsp3) is 0.350. The van der Waals surface area contributed by atoms with E-state index in [9.17, 15) is 4.79 Å². The van der Waals surface area contributed by atoms with Crippen LogP contribution in [0.1, 0.15) is 24.1 Å². The molecule has 6 heteroatoms. The van der Waals surface area contributed by atoms with Gasteiger partial charge < -0.3 is 20.1 Å². The predicted octanol–water partition coefficient (Wildman–Crippen LogP) is 3.42. The van der Waals surface area contributed by atoms with Crippen LogP contribution in [-0.4, -0.2) is 32.1 Å². The number of hydrogen-bond donors (Lipinski definition) is 1. The highest BCUT2D eigenvalue weighted by Gasteiger charge is 2.25. The molecule has 0 aliphatic rings. The van der Waals surface area contributed by atoms with Gasteiger partial charge in [0.1, 0.15) is 11.5 Å². The van der Waals surface area contributed by atoms with Crippen LogP contribution in [0.3, 0.4) is 0 Å². The van der Waals surface area contributed by atoms with Crippen molar-refractivity contribution in [3.05, 3.63) is 59.7 Å². The Morgan fingerprint density at radius 1 is 1.12 bits per heavy atom. The Hall–Kier alpha value is -2.24. The number of carbonyl (C=O) groups excluding carboxylic acids is 1. The molecule has 0 aliphatic heterocycles. The second-order valence-electron chi connectivity index (χ2n) is 6.10. The first-order chi connectivity index (χ1) is 12.0. The van der Waals surface area contributed by atoms with Crippen LogP contribution in [0.25, 0.3) is 0 Å². The molecule has 2 atom stereocenters. The van der Waals surface area contributed by atoms with Gasteiger partial charge >= 0.3 is 0 Å². The van der Waals surface area contributed by atoms with E-state index in [4.69, 9.17) is 15.2 Å². The molecule has 0 heterocycles. The van der Waals surface area contributed by atoms with Gasteiger partial charge in [0, 0.05) is 31.3 Å². The summed E-state index contributed by atoms with van der Waals surface area (Å²) in [5.74, 6) is 1.08. The first-order valence-corrected chi connectivity index (χ1v) is 8.24. The number of methoxy groups -OCH3 is 2. The average molecular weight is 379 g/mol. The van der Waals surface area contributed by atoms with Gasteiger partial charge in [-0.3, -0.25) is 4.79 Å². The zero-order valence-electron chi connectivity index (χ0n) is 15.6. The molecular weight excluding hydrogens is 352 g/mol. The summed E-state index contributed by atoms with van der Waals surface area (Å²) < 4.78 is 10.6. The summed E-state index contributed by atoms with van der Waals surface area (Å²) >= 11 is 0. The van der Waals surface area contributed by atoms with Crippen molar-refractivity contribution in [1.82, 2.24) is 4.90 Å². The first kappa shape index (κ1) is 21.8. The molecule has 0 saturated heterocycles. The molecule has 2 unspecified atom stereocenters. The summed E-state index contributed by atoms with van der Waals surface area (Å²) in [5.41, 5.74) is 8.15. The molecule has 0 aromatic heterocycles. The van der Waals surface area contributed by atoms with E-state index in [2.05, 4.69) is 0 Å². The molecule has 0 aliphatic carbocycles. The highest BCUT2D eigenvalue weighted by Crippen LogP contribution is 2.27. The maximum absolute atomic E-state index is 12.8. The van der Waals surface area contributed by atoms with Gasteiger partial charge in [0.05, 0.1) is 20.1 Å². The Bertz CT molecular complexity index is 709. The smallest absolute Gasteiger partial charge is 0.227 e. The van der Waals surface area contributed by atoms with Crippen LogP contribution >= 0.6 is 12.4 Å². The lowest BCUT2D eigenvalue weighted by Crippen LogP contribution is -2.36. The van der Waals surface area contributed by atoms with E-state index in [1.165, 1.54) is 0 Å². The summed E-state index contributed by atoms with van der Waals surface area (Å²) in [4.78, 5) is 14.4. The van der Waals surface area contributed by atoms with E-state index in [-0.39, 0.29) is 30.3 Å². The van der Waals surface area contributed by atoms with Crippen molar-refractivity contribution in [2.24, 2.45) is 11.7 Å². The third-order valence-corrected chi connectivity index (χ3v) is 4.39. The third-order valence-electron chi connectivity index (χ3n) is 4.39. The number of hydrogen-bond acceptors (Lipinski definition) is 4. The van der Waals surface area contributed by atoms with Gasteiger partial charge in [0.15, 0.2) is 0 Å². The fourth-order valence-electron chi connectivity index (χ4n) is 2.78. The molecule has 0 spiro atoms. The number of amides is 1. The van der Waals surface area contributed by atoms with E-state index in [1.807, 2.05) is 55.5 Å². The highest BCUT2D eigenvalue weighted by atomic mass is 35.5. The Kier molecular flexibility index (Phi) is 8.42. The molecule has 2 aromatic rings. The van der Waals surface area contributed by atoms with Gasteiger partial charge in [-0.1, -0.05) is 37.3 Å². The number of rotatable bonds is 7. The van der Waals surface area contributed by atoms with Crippen molar-refractivity contribution in [2.45, 2.75) is 19.5 Å². The maximum Gasteiger partial charge on any atom is 0.227 e. The monoisotopic (exact) mass is 378 g/mol. The van der Waals surface area contributed by atoms with Crippen LogP contribution in [0.15, 0.2) is 48.5 Å². The molecule has 5 nitrogen and oxygen atoms in total. The topological polar surface area (TPSA) is 64.8 Å². The SMILES string of the molecule is COc1ccc(CN(C)C(=O)C(C)C(N)c2ccccc2)c(OC)c1.Cl. The molecule has 26 heavy (non-hydrogen) atoms. The standard InChI is InChI=1S/C20H26N2O3.ClH/c1-14(19(21)15-8-6-5-7-9-15)20(23)22(2)13-16-10-11-17(24-3)12-18(16)25-4;/h5-12,14,19H,13,21H2,1-4H3;1H. The number of ether oxygens (including phenoxy) is 2. The summed E-state index contributed by atoms with van der Waals surface area (Å²) in [7, 11) is 4.99. The van der Waals surface area contributed by atoms with Crippen LogP contribution in [-0.2, 0) is 11.3 Å².